The monoisotopic (exact) mass is 277 g/mol. The molecule has 0 fully saturated rings. The molecule has 19 heavy (non-hydrogen) atoms. The van der Waals surface area contributed by atoms with Crippen molar-refractivity contribution >= 4 is 12.2 Å². The van der Waals surface area contributed by atoms with Crippen molar-refractivity contribution in [2.45, 2.75) is 33.2 Å². The number of benzene rings is 1. The minimum atomic E-state index is 0.664. The van der Waals surface area contributed by atoms with Gasteiger partial charge in [-0.1, -0.05) is 26.0 Å². The number of aromatic nitrogens is 3. The number of H-pyrrole nitrogens is 1. The van der Waals surface area contributed by atoms with E-state index in [2.05, 4.69) is 24.0 Å². The first-order valence-corrected chi connectivity index (χ1v) is 7.05. The van der Waals surface area contributed by atoms with E-state index >= 15 is 0 Å². The quantitative estimate of drug-likeness (QED) is 0.817. The molecule has 0 spiro atoms. The minimum absolute atomic E-state index is 0.664. The van der Waals surface area contributed by atoms with Crippen molar-refractivity contribution in [3.05, 3.63) is 29.0 Å². The number of nitrogens with one attached hydrogen (secondary N) is 1. The highest BCUT2D eigenvalue weighted by Crippen LogP contribution is 2.22. The van der Waals surface area contributed by atoms with Crippen LogP contribution in [0.1, 0.15) is 26.7 Å². The minimum Gasteiger partial charge on any atom is -0.494 e. The molecule has 4 nitrogen and oxygen atoms in total. The Morgan fingerprint density at radius 1 is 1.32 bits per heavy atom. The molecule has 0 saturated heterocycles. The maximum atomic E-state index is 5.65. The highest BCUT2D eigenvalue weighted by atomic mass is 32.1. The molecule has 2 rings (SSSR count). The third kappa shape index (κ3) is 3.23. The number of ether oxygens (including phenoxy) is 1. The van der Waals surface area contributed by atoms with Crippen LogP contribution < -0.4 is 4.74 Å². The molecule has 1 heterocycles. The molecule has 5 heteroatoms. The zero-order valence-corrected chi connectivity index (χ0v) is 12.2. The van der Waals surface area contributed by atoms with Gasteiger partial charge in [0.1, 0.15) is 5.75 Å². The third-order valence-corrected chi connectivity index (χ3v) is 3.08. The fourth-order valence-electron chi connectivity index (χ4n) is 1.91. The van der Waals surface area contributed by atoms with E-state index in [1.165, 1.54) is 0 Å². The maximum absolute atomic E-state index is 5.65. The Balaban J connectivity index is 2.33. The summed E-state index contributed by atoms with van der Waals surface area (Å²) in [7, 11) is 0. The average Bonchev–Trinajstić information content (AvgIpc) is 2.79. The molecule has 0 atom stereocenters. The number of rotatable bonds is 6. The Morgan fingerprint density at radius 3 is 2.89 bits per heavy atom. The summed E-state index contributed by atoms with van der Waals surface area (Å²) in [5, 5.41) is 7.17. The first-order chi connectivity index (χ1) is 9.26. The van der Waals surface area contributed by atoms with Gasteiger partial charge >= 0.3 is 0 Å². The van der Waals surface area contributed by atoms with Gasteiger partial charge in [-0.2, -0.15) is 5.10 Å². The summed E-state index contributed by atoms with van der Waals surface area (Å²) in [5.41, 5.74) is 1.02. The third-order valence-electron chi connectivity index (χ3n) is 2.77. The number of aromatic amines is 1. The van der Waals surface area contributed by atoms with Crippen LogP contribution in [-0.2, 0) is 6.54 Å². The summed E-state index contributed by atoms with van der Waals surface area (Å²) >= 11 is 5.25. The topological polar surface area (TPSA) is 42.8 Å². The maximum Gasteiger partial charge on any atom is 0.195 e. The molecule has 2 aromatic rings. The Hall–Kier alpha value is -1.62. The lowest BCUT2D eigenvalue weighted by atomic mass is 10.2. The van der Waals surface area contributed by atoms with Crippen molar-refractivity contribution in [2.24, 2.45) is 0 Å². The second-order valence-corrected chi connectivity index (χ2v) is 4.77. The van der Waals surface area contributed by atoms with Crippen molar-refractivity contribution in [3.63, 3.8) is 0 Å². The fourth-order valence-corrected chi connectivity index (χ4v) is 2.14. The fraction of sp³-hybridized carbons (Fsp3) is 0.429. The molecule has 102 valence electrons. The van der Waals surface area contributed by atoms with Gasteiger partial charge < -0.3 is 9.30 Å². The standard InChI is InChI=1S/C14H19N3OS/c1-3-8-17-13(15-16-14(17)19)11-6-5-7-12(10-11)18-9-4-2/h5-7,10H,3-4,8-9H2,1-2H3,(H,16,19). The summed E-state index contributed by atoms with van der Waals surface area (Å²) in [6, 6.07) is 7.97. The summed E-state index contributed by atoms with van der Waals surface area (Å²) in [4.78, 5) is 0. The highest BCUT2D eigenvalue weighted by Gasteiger charge is 2.08. The number of nitrogens with zero attached hydrogens (tertiary/aromatic N) is 2. The van der Waals surface area contributed by atoms with Crippen LogP contribution in [0.2, 0.25) is 0 Å². The Morgan fingerprint density at radius 2 is 2.16 bits per heavy atom. The van der Waals surface area contributed by atoms with Crippen LogP contribution >= 0.6 is 12.2 Å². The van der Waals surface area contributed by atoms with E-state index in [-0.39, 0.29) is 0 Å². The van der Waals surface area contributed by atoms with E-state index < -0.39 is 0 Å². The van der Waals surface area contributed by atoms with Gasteiger partial charge in [0, 0.05) is 12.1 Å². The lowest BCUT2D eigenvalue weighted by Gasteiger charge is -2.08. The van der Waals surface area contributed by atoms with Crippen LogP contribution in [0.4, 0.5) is 0 Å². The van der Waals surface area contributed by atoms with E-state index in [1.54, 1.807) is 0 Å². The van der Waals surface area contributed by atoms with E-state index in [1.807, 2.05) is 28.8 Å². The molecule has 0 bridgehead atoms. The van der Waals surface area contributed by atoms with Gasteiger partial charge in [-0.15, -0.1) is 0 Å². The van der Waals surface area contributed by atoms with Crippen LogP contribution in [0.5, 0.6) is 5.75 Å². The van der Waals surface area contributed by atoms with Gasteiger partial charge in [0.25, 0.3) is 0 Å². The van der Waals surface area contributed by atoms with E-state index in [4.69, 9.17) is 17.0 Å². The van der Waals surface area contributed by atoms with Gasteiger partial charge in [0.15, 0.2) is 10.6 Å². The molecule has 0 amide bonds. The predicted octanol–water partition coefficient (Wildman–Crippen LogP) is 3.81. The zero-order chi connectivity index (χ0) is 13.7. The molecule has 0 aliphatic rings. The van der Waals surface area contributed by atoms with E-state index in [0.29, 0.717) is 4.77 Å². The lowest BCUT2D eigenvalue weighted by molar-refractivity contribution is 0.317. The van der Waals surface area contributed by atoms with E-state index in [9.17, 15) is 0 Å². The van der Waals surface area contributed by atoms with Gasteiger partial charge in [0.2, 0.25) is 0 Å². The van der Waals surface area contributed by atoms with Crippen molar-refractivity contribution in [1.82, 2.24) is 14.8 Å². The van der Waals surface area contributed by atoms with Crippen LogP contribution in [0.15, 0.2) is 24.3 Å². The molecule has 1 N–H and O–H groups in total. The summed E-state index contributed by atoms with van der Waals surface area (Å²) in [6.07, 6.45) is 2.02. The van der Waals surface area contributed by atoms with Crippen LogP contribution in [-0.4, -0.2) is 21.4 Å². The zero-order valence-electron chi connectivity index (χ0n) is 11.3. The van der Waals surface area contributed by atoms with Gasteiger partial charge in [-0.3, -0.25) is 5.10 Å². The van der Waals surface area contributed by atoms with Gasteiger partial charge in [-0.05, 0) is 37.2 Å². The molecule has 0 radical (unpaired) electrons. The normalized spacial score (nSPS) is 10.6. The Bertz CT molecular complexity index is 588. The molecule has 1 aromatic carbocycles. The smallest absolute Gasteiger partial charge is 0.195 e. The van der Waals surface area contributed by atoms with Crippen molar-refractivity contribution < 1.29 is 4.74 Å². The van der Waals surface area contributed by atoms with Crippen molar-refractivity contribution in [1.29, 1.82) is 0 Å². The van der Waals surface area contributed by atoms with Crippen LogP contribution in [0.25, 0.3) is 11.4 Å². The second kappa shape index (κ2) is 6.52. The van der Waals surface area contributed by atoms with Gasteiger partial charge in [0.05, 0.1) is 6.61 Å². The molecular formula is C14H19N3OS. The summed E-state index contributed by atoms with van der Waals surface area (Å²) in [5.74, 6) is 1.74. The summed E-state index contributed by atoms with van der Waals surface area (Å²) in [6.45, 7) is 5.81. The predicted molar refractivity (Wildman–Crippen MR) is 78.9 cm³/mol. The van der Waals surface area contributed by atoms with Gasteiger partial charge in [-0.25, -0.2) is 0 Å². The number of hydrogen-bond donors (Lipinski definition) is 1. The number of hydrogen-bond acceptors (Lipinski definition) is 3. The SMILES string of the molecule is CCCOc1cccc(-c2n[nH]c(=S)n2CCC)c1. The Labute approximate surface area is 118 Å². The van der Waals surface area contributed by atoms with Crippen molar-refractivity contribution in [3.8, 4) is 17.1 Å². The molecule has 0 saturated carbocycles. The van der Waals surface area contributed by atoms with Crippen LogP contribution in [0.3, 0.4) is 0 Å². The molecular weight excluding hydrogens is 258 g/mol. The average molecular weight is 277 g/mol. The molecule has 1 aromatic heterocycles. The molecule has 0 unspecified atom stereocenters. The van der Waals surface area contributed by atoms with Crippen molar-refractivity contribution in [2.75, 3.05) is 6.61 Å². The largest absolute Gasteiger partial charge is 0.494 e. The second-order valence-electron chi connectivity index (χ2n) is 4.38. The lowest BCUT2D eigenvalue weighted by Crippen LogP contribution is -2.00. The Kier molecular flexibility index (Phi) is 4.74. The van der Waals surface area contributed by atoms with Crippen LogP contribution in [0, 0.1) is 4.77 Å². The van der Waals surface area contributed by atoms with E-state index in [0.717, 1.165) is 43.1 Å². The first kappa shape index (κ1) is 13.8. The molecule has 0 aliphatic heterocycles. The summed E-state index contributed by atoms with van der Waals surface area (Å²) < 4.78 is 8.34. The first-order valence-electron chi connectivity index (χ1n) is 6.64. The highest BCUT2D eigenvalue weighted by molar-refractivity contribution is 7.71. The molecule has 0 aliphatic carbocycles.